The van der Waals surface area contributed by atoms with Crippen molar-refractivity contribution in [3.8, 4) is 5.75 Å². The number of ether oxygens (including phenoxy) is 1. The van der Waals surface area contributed by atoms with E-state index >= 15 is 0 Å². The number of benzene rings is 2. The zero-order valence-corrected chi connectivity index (χ0v) is 11.1. The number of anilines is 1. The fourth-order valence-electron chi connectivity index (χ4n) is 2.41. The van der Waals surface area contributed by atoms with Crippen molar-refractivity contribution in [2.75, 3.05) is 11.9 Å². The summed E-state index contributed by atoms with van der Waals surface area (Å²) in [5.74, 6) is -1.06. The predicted octanol–water partition coefficient (Wildman–Crippen LogP) is 3.47. The van der Waals surface area contributed by atoms with Gasteiger partial charge in [-0.3, -0.25) is 4.79 Å². The first-order chi connectivity index (χ1) is 10.1. The summed E-state index contributed by atoms with van der Waals surface area (Å²) in [6.07, 6.45) is 0.188. The standard InChI is InChI=1S/C16H13F2NO2/c17-11-5-6-14(13(18)8-11)19-16(20)7-10-9-21-15-4-2-1-3-12(10)15/h1-6,8,10H,7,9H2,(H,19,20). The lowest BCUT2D eigenvalue weighted by Gasteiger charge is -2.10. The van der Waals surface area contributed by atoms with Crippen LogP contribution in [0.25, 0.3) is 0 Å². The van der Waals surface area contributed by atoms with E-state index in [0.717, 1.165) is 23.4 Å². The molecule has 1 atom stereocenters. The van der Waals surface area contributed by atoms with Gasteiger partial charge >= 0.3 is 0 Å². The van der Waals surface area contributed by atoms with Gasteiger partial charge in [0.1, 0.15) is 17.4 Å². The van der Waals surface area contributed by atoms with Crippen LogP contribution in [0.3, 0.4) is 0 Å². The van der Waals surface area contributed by atoms with Crippen molar-refractivity contribution >= 4 is 11.6 Å². The van der Waals surface area contributed by atoms with Crippen LogP contribution in [-0.2, 0) is 4.79 Å². The van der Waals surface area contributed by atoms with E-state index in [4.69, 9.17) is 4.74 Å². The normalized spacial score (nSPS) is 16.2. The predicted molar refractivity (Wildman–Crippen MR) is 74.3 cm³/mol. The lowest BCUT2D eigenvalue weighted by Crippen LogP contribution is -2.17. The van der Waals surface area contributed by atoms with E-state index in [-0.39, 0.29) is 23.9 Å². The van der Waals surface area contributed by atoms with Gasteiger partial charge in [0.25, 0.3) is 0 Å². The number of nitrogens with one attached hydrogen (secondary N) is 1. The number of para-hydroxylation sites is 1. The molecule has 0 fully saturated rings. The van der Waals surface area contributed by atoms with E-state index in [1.807, 2.05) is 24.3 Å². The summed E-state index contributed by atoms with van der Waals surface area (Å²) in [4.78, 5) is 12.0. The maximum absolute atomic E-state index is 13.5. The number of carbonyl (C=O) groups excluding carboxylic acids is 1. The van der Waals surface area contributed by atoms with E-state index < -0.39 is 11.6 Å². The van der Waals surface area contributed by atoms with Crippen LogP contribution >= 0.6 is 0 Å². The topological polar surface area (TPSA) is 38.3 Å². The van der Waals surface area contributed by atoms with Gasteiger partial charge in [-0.1, -0.05) is 18.2 Å². The summed E-state index contributed by atoms with van der Waals surface area (Å²) < 4.78 is 31.8. The number of hydrogen-bond acceptors (Lipinski definition) is 2. The molecule has 0 saturated carbocycles. The van der Waals surface area contributed by atoms with Crippen LogP contribution < -0.4 is 10.1 Å². The highest BCUT2D eigenvalue weighted by Crippen LogP contribution is 2.35. The number of amides is 1. The number of rotatable bonds is 3. The summed E-state index contributed by atoms with van der Waals surface area (Å²) in [5, 5.41) is 2.46. The van der Waals surface area contributed by atoms with Gasteiger partial charge in [0.2, 0.25) is 5.91 Å². The molecule has 1 aliphatic rings. The van der Waals surface area contributed by atoms with Crippen LogP contribution in [-0.4, -0.2) is 12.5 Å². The quantitative estimate of drug-likeness (QED) is 0.939. The van der Waals surface area contributed by atoms with Crippen LogP contribution in [0.4, 0.5) is 14.5 Å². The maximum atomic E-state index is 13.5. The van der Waals surface area contributed by atoms with E-state index in [1.54, 1.807) is 0 Å². The van der Waals surface area contributed by atoms with E-state index in [1.165, 1.54) is 6.07 Å². The second kappa shape index (κ2) is 5.52. The first-order valence-corrected chi connectivity index (χ1v) is 6.60. The van der Waals surface area contributed by atoms with Gasteiger partial charge in [0.05, 0.1) is 12.3 Å². The zero-order valence-electron chi connectivity index (χ0n) is 11.1. The van der Waals surface area contributed by atoms with Gasteiger partial charge in [-0.2, -0.15) is 0 Å². The summed E-state index contributed by atoms with van der Waals surface area (Å²) in [7, 11) is 0. The van der Waals surface area contributed by atoms with Crippen molar-refractivity contribution in [2.24, 2.45) is 0 Å². The van der Waals surface area contributed by atoms with Crippen LogP contribution in [0.2, 0.25) is 0 Å². The van der Waals surface area contributed by atoms with E-state index in [0.29, 0.717) is 6.61 Å². The lowest BCUT2D eigenvalue weighted by molar-refractivity contribution is -0.116. The molecule has 0 saturated heterocycles. The molecule has 2 aromatic carbocycles. The molecule has 108 valence electrons. The van der Waals surface area contributed by atoms with Crippen molar-refractivity contribution in [3.05, 3.63) is 59.7 Å². The minimum Gasteiger partial charge on any atom is -0.493 e. The van der Waals surface area contributed by atoms with Crippen molar-refractivity contribution in [1.29, 1.82) is 0 Å². The molecule has 3 rings (SSSR count). The second-order valence-electron chi connectivity index (χ2n) is 4.92. The maximum Gasteiger partial charge on any atom is 0.225 e. The third kappa shape index (κ3) is 2.86. The fourth-order valence-corrected chi connectivity index (χ4v) is 2.41. The highest BCUT2D eigenvalue weighted by Gasteiger charge is 2.26. The molecule has 0 radical (unpaired) electrons. The molecular formula is C16H13F2NO2. The van der Waals surface area contributed by atoms with Gasteiger partial charge < -0.3 is 10.1 Å². The van der Waals surface area contributed by atoms with E-state index in [9.17, 15) is 13.6 Å². The molecule has 1 unspecified atom stereocenters. The number of halogens is 2. The molecule has 2 aromatic rings. The highest BCUT2D eigenvalue weighted by molar-refractivity contribution is 5.91. The average molecular weight is 289 g/mol. The van der Waals surface area contributed by atoms with Crippen LogP contribution in [0.5, 0.6) is 5.75 Å². The molecule has 0 aliphatic carbocycles. The van der Waals surface area contributed by atoms with Gasteiger partial charge in [-0.25, -0.2) is 8.78 Å². The Labute approximate surface area is 120 Å². The fraction of sp³-hybridized carbons (Fsp3) is 0.188. The van der Waals surface area contributed by atoms with Gasteiger partial charge in [0.15, 0.2) is 0 Å². The van der Waals surface area contributed by atoms with Gasteiger partial charge in [0, 0.05) is 24.0 Å². The first-order valence-electron chi connectivity index (χ1n) is 6.60. The van der Waals surface area contributed by atoms with Crippen molar-refractivity contribution in [2.45, 2.75) is 12.3 Å². The summed E-state index contributed by atoms with van der Waals surface area (Å²) >= 11 is 0. The summed E-state index contributed by atoms with van der Waals surface area (Å²) in [6, 6.07) is 10.6. The number of hydrogen-bond donors (Lipinski definition) is 1. The highest BCUT2D eigenvalue weighted by atomic mass is 19.1. The summed E-state index contributed by atoms with van der Waals surface area (Å²) in [5.41, 5.74) is 0.959. The minimum absolute atomic E-state index is 0.0198. The van der Waals surface area contributed by atoms with Crippen molar-refractivity contribution in [3.63, 3.8) is 0 Å². The molecule has 21 heavy (non-hydrogen) atoms. The Bertz CT molecular complexity index is 688. The zero-order chi connectivity index (χ0) is 14.8. The van der Waals surface area contributed by atoms with Crippen molar-refractivity contribution in [1.82, 2.24) is 0 Å². The first kappa shape index (κ1) is 13.5. The molecule has 3 nitrogen and oxygen atoms in total. The molecule has 1 amide bonds. The van der Waals surface area contributed by atoms with Crippen molar-refractivity contribution < 1.29 is 18.3 Å². The Morgan fingerprint density at radius 3 is 2.86 bits per heavy atom. The third-order valence-corrected chi connectivity index (χ3v) is 3.44. The van der Waals surface area contributed by atoms with E-state index in [2.05, 4.69) is 5.32 Å². The lowest BCUT2D eigenvalue weighted by atomic mass is 9.97. The van der Waals surface area contributed by atoms with Crippen LogP contribution in [0, 0.1) is 11.6 Å². The average Bonchev–Trinajstić information content (AvgIpc) is 2.85. The Balaban J connectivity index is 1.68. The molecule has 1 N–H and O–H groups in total. The van der Waals surface area contributed by atoms with Crippen LogP contribution in [0.1, 0.15) is 17.9 Å². The van der Waals surface area contributed by atoms with Crippen LogP contribution in [0.15, 0.2) is 42.5 Å². The Kier molecular flexibility index (Phi) is 3.56. The molecule has 0 spiro atoms. The molecule has 0 bridgehead atoms. The molecular weight excluding hydrogens is 276 g/mol. The van der Waals surface area contributed by atoms with Gasteiger partial charge in [-0.15, -0.1) is 0 Å². The number of carbonyl (C=O) groups is 1. The molecule has 1 aliphatic heterocycles. The van der Waals surface area contributed by atoms with Gasteiger partial charge in [-0.05, 0) is 18.2 Å². The smallest absolute Gasteiger partial charge is 0.225 e. The molecule has 1 heterocycles. The SMILES string of the molecule is O=C(CC1COc2ccccc21)Nc1ccc(F)cc1F. The largest absolute Gasteiger partial charge is 0.493 e. The monoisotopic (exact) mass is 289 g/mol. The third-order valence-electron chi connectivity index (χ3n) is 3.44. The summed E-state index contributed by atoms with van der Waals surface area (Å²) in [6.45, 7) is 0.429. The Morgan fingerprint density at radius 2 is 2.05 bits per heavy atom. The molecule has 5 heteroatoms. The number of fused-ring (bicyclic) bond motifs is 1. The second-order valence-corrected chi connectivity index (χ2v) is 4.92. The molecule has 0 aromatic heterocycles. The Hall–Kier alpha value is -2.43. The Morgan fingerprint density at radius 1 is 1.24 bits per heavy atom. The minimum atomic E-state index is -0.786.